The van der Waals surface area contributed by atoms with Crippen molar-refractivity contribution in [3.63, 3.8) is 0 Å². The summed E-state index contributed by atoms with van der Waals surface area (Å²) in [5, 5.41) is 2.70. The fraction of sp³-hybridized carbons (Fsp3) is 0.300. The van der Waals surface area contributed by atoms with E-state index in [1.807, 2.05) is 0 Å². The van der Waals surface area contributed by atoms with Crippen molar-refractivity contribution in [2.24, 2.45) is 0 Å². The van der Waals surface area contributed by atoms with Crippen LogP contribution in [0.4, 0.5) is 11.4 Å². The Kier molecular flexibility index (Phi) is 7.17. The molecule has 2 N–H and O–H groups in total. The second-order valence-corrected chi connectivity index (χ2v) is 8.18. The Hall–Kier alpha value is -2.87. The first-order valence-electron chi connectivity index (χ1n) is 8.91. The van der Waals surface area contributed by atoms with Crippen molar-refractivity contribution >= 4 is 33.1 Å². The minimum absolute atomic E-state index is 0.0180. The van der Waals surface area contributed by atoms with Crippen LogP contribution in [0.15, 0.2) is 42.5 Å². The number of carbonyl (C=O) groups excluding carboxylic acids is 2. The van der Waals surface area contributed by atoms with Gasteiger partial charge in [-0.2, -0.15) is 0 Å². The predicted molar refractivity (Wildman–Crippen MR) is 109 cm³/mol. The summed E-state index contributed by atoms with van der Waals surface area (Å²) in [5.74, 6) is 0.165. The molecule has 2 aromatic rings. The van der Waals surface area contributed by atoms with Gasteiger partial charge in [-0.05, 0) is 61.9 Å². The maximum Gasteiger partial charge on any atom is 0.262 e. The number of sulfonamides is 1. The third kappa shape index (κ3) is 6.09. The Morgan fingerprint density at radius 3 is 2.29 bits per heavy atom. The van der Waals surface area contributed by atoms with Crippen LogP contribution in [0.3, 0.4) is 0 Å². The van der Waals surface area contributed by atoms with Gasteiger partial charge in [0.2, 0.25) is 10.0 Å². The zero-order valence-corrected chi connectivity index (χ0v) is 16.9. The summed E-state index contributed by atoms with van der Waals surface area (Å²) < 4.78 is 31.2. The van der Waals surface area contributed by atoms with Gasteiger partial charge in [-0.25, -0.2) is 8.42 Å². The molecule has 28 heavy (non-hydrogen) atoms. The van der Waals surface area contributed by atoms with Crippen LogP contribution in [0, 0.1) is 6.92 Å². The lowest BCUT2D eigenvalue weighted by Gasteiger charge is -2.12. The lowest BCUT2D eigenvalue weighted by atomic mass is 10.1. The zero-order valence-electron chi connectivity index (χ0n) is 16.1. The fourth-order valence-electron chi connectivity index (χ4n) is 2.38. The summed E-state index contributed by atoms with van der Waals surface area (Å²) >= 11 is 0. The molecule has 0 atom stereocenters. The van der Waals surface area contributed by atoms with Crippen LogP contribution in [0.25, 0.3) is 0 Å². The van der Waals surface area contributed by atoms with Gasteiger partial charge in [0.05, 0.1) is 11.4 Å². The monoisotopic (exact) mass is 404 g/mol. The summed E-state index contributed by atoms with van der Waals surface area (Å²) in [6, 6.07) is 11.5. The number of amides is 1. The van der Waals surface area contributed by atoms with Crippen molar-refractivity contribution < 1.29 is 22.7 Å². The SMILES string of the molecule is CCC(=O)c1ccc(OCC(=O)Nc2ccc(NS(=O)(=O)CC)c(C)c2)cc1. The first kappa shape index (κ1) is 21.4. The molecule has 0 saturated heterocycles. The first-order valence-corrected chi connectivity index (χ1v) is 10.6. The van der Waals surface area contributed by atoms with Crippen LogP contribution >= 0.6 is 0 Å². The molecule has 7 nitrogen and oxygen atoms in total. The van der Waals surface area contributed by atoms with Gasteiger partial charge in [-0.15, -0.1) is 0 Å². The third-order valence-electron chi connectivity index (χ3n) is 4.02. The van der Waals surface area contributed by atoms with E-state index in [4.69, 9.17) is 4.74 Å². The Morgan fingerprint density at radius 1 is 1.04 bits per heavy atom. The van der Waals surface area contributed by atoms with Gasteiger partial charge >= 0.3 is 0 Å². The highest BCUT2D eigenvalue weighted by Gasteiger charge is 2.10. The topological polar surface area (TPSA) is 102 Å². The van der Waals surface area contributed by atoms with E-state index in [1.165, 1.54) is 0 Å². The normalized spacial score (nSPS) is 11.0. The lowest BCUT2D eigenvalue weighted by molar-refractivity contribution is -0.118. The summed E-state index contributed by atoms with van der Waals surface area (Å²) in [6.45, 7) is 4.91. The number of ether oxygens (including phenoxy) is 1. The van der Waals surface area contributed by atoms with Gasteiger partial charge in [0.15, 0.2) is 12.4 Å². The molecule has 0 bridgehead atoms. The molecule has 0 saturated carbocycles. The van der Waals surface area contributed by atoms with Crippen molar-refractivity contribution in [1.29, 1.82) is 0 Å². The summed E-state index contributed by atoms with van der Waals surface area (Å²) in [5.41, 5.74) is 2.30. The molecule has 2 aromatic carbocycles. The van der Waals surface area contributed by atoms with Crippen LogP contribution in [-0.2, 0) is 14.8 Å². The molecule has 150 valence electrons. The van der Waals surface area contributed by atoms with Crippen molar-refractivity contribution in [2.75, 3.05) is 22.4 Å². The molecule has 0 aromatic heterocycles. The second kappa shape index (κ2) is 9.36. The van der Waals surface area contributed by atoms with E-state index >= 15 is 0 Å². The van der Waals surface area contributed by atoms with Gasteiger partial charge in [-0.3, -0.25) is 14.3 Å². The highest BCUT2D eigenvalue weighted by atomic mass is 32.2. The summed E-state index contributed by atoms with van der Waals surface area (Å²) in [7, 11) is -3.36. The molecule has 0 radical (unpaired) electrons. The molecule has 1 amide bonds. The largest absolute Gasteiger partial charge is 0.484 e. The van der Waals surface area contributed by atoms with Crippen molar-refractivity contribution in [3.05, 3.63) is 53.6 Å². The van der Waals surface area contributed by atoms with Crippen molar-refractivity contribution in [1.82, 2.24) is 0 Å². The first-order chi connectivity index (χ1) is 13.2. The maximum atomic E-state index is 12.1. The molecule has 0 aliphatic carbocycles. The van der Waals surface area contributed by atoms with E-state index < -0.39 is 10.0 Å². The van der Waals surface area contributed by atoms with Crippen LogP contribution in [-0.4, -0.2) is 32.5 Å². The van der Waals surface area contributed by atoms with E-state index in [1.54, 1.807) is 63.2 Å². The van der Waals surface area contributed by atoms with Gasteiger partial charge in [0.25, 0.3) is 5.91 Å². The number of benzene rings is 2. The Balaban J connectivity index is 1.92. The number of rotatable bonds is 9. The highest BCUT2D eigenvalue weighted by molar-refractivity contribution is 7.92. The maximum absolute atomic E-state index is 12.1. The van der Waals surface area contributed by atoms with E-state index in [0.29, 0.717) is 34.7 Å². The smallest absolute Gasteiger partial charge is 0.262 e. The third-order valence-corrected chi connectivity index (χ3v) is 5.31. The molecule has 8 heteroatoms. The molecule has 0 heterocycles. The number of hydrogen-bond donors (Lipinski definition) is 2. The van der Waals surface area contributed by atoms with E-state index in [9.17, 15) is 18.0 Å². The van der Waals surface area contributed by atoms with Gasteiger partial charge in [-0.1, -0.05) is 6.92 Å². The Labute approximate surface area is 165 Å². The zero-order chi connectivity index (χ0) is 20.7. The molecule has 0 aliphatic rings. The molecule has 0 fully saturated rings. The van der Waals surface area contributed by atoms with E-state index in [2.05, 4.69) is 10.0 Å². The molecule has 2 rings (SSSR count). The molecule has 0 unspecified atom stereocenters. The van der Waals surface area contributed by atoms with Gasteiger partial charge < -0.3 is 10.1 Å². The second-order valence-electron chi connectivity index (χ2n) is 6.17. The number of carbonyl (C=O) groups is 2. The average molecular weight is 404 g/mol. The lowest BCUT2D eigenvalue weighted by Crippen LogP contribution is -2.20. The number of ketones is 1. The van der Waals surface area contributed by atoms with Gasteiger partial charge in [0, 0.05) is 17.7 Å². The van der Waals surface area contributed by atoms with Gasteiger partial charge in [0.1, 0.15) is 5.75 Å². The number of aryl methyl sites for hydroxylation is 1. The van der Waals surface area contributed by atoms with Crippen LogP contribution in [0.2, 0.25) is 0 Å². The minimum Gasteiger partial charge on any atom is -0.484 e. The number of Topliss-reactive ketones (excluding diaryl/α,β-unsaturated/α-hetero) is 1. The highest BCUT2D eigenvalue weighted by Crippen LogP contribution is 2.21. The van der Waals surface area contributed by atoms with Crippen LogP contribution < -0.4 is 14.8 Å². The van der Waals surface area contributed by atoms with E-state index in [0.717, 1.165) is 0 Å². The summed E-state index contributed by atoms with van der Waals surface area (Å²) in [6.07, 6.45) is 0.431. The number of nitrogens with one attached hydrogen (secondary N) is 2. The minimum atomic E-state index is -3.36. The van der Waals surface area contributed by atoms with Crippen molar-refractivity contribution in [2.45, 2.75) is 27.2 Å². The number of hydrogen-bond acceptors (Lipinski definition) is 5. The molecule has 0 aliphatic heterocycles. The van der Waals surface area contributed by atoms with Crippen LogP contribution in [0.5, 0.6) is 5.75 Å². The Bertz CT molecular complexity index is 953. The van der Waals surface area contributed by atoms with E-state index in [-0.39, 0.29) is 24.1 Å². The fourth-order valence-corrected chi connectivity index (χ4v) is 3.09. The average Bonchev–Trinajstić information content (AvgIpc) is 2.68. The van der Waals surface area contributed by atoms with Crippen molar-refractivity contribution in [3.8, 4) is 5.75 Å². The Morgan fingerprint density at radius 2 is 1.71 bits per heavy atom. The summed E-state index contributed by atoms with van der Waals surface area (Å²) in [4.78, 5) is 23.7. The van der Waals surface area contributed by atoms with Crippen LogP contribution in [0.1, 0.15) is 36.2 Å². The molecular formula is C20H24N2O5S. The quantitative estimate of drug-likeness (QED) is 0.624. The number of anilines is 2. The molecule has 0 spiro atoms. The standard InChI is InChI=1S/C20H24N2O5S/c1-4-19(23)15-6-9-17(10-7-15)27-13-20(24)21-16-8-11-18(14(3)12-16)22-28(25,26)5-2/h6-12,22H,4-5,13H2,1-3H3,(H,21,24). The predicted octanol–water partition coefficient (Wildman–Crippen LogP) is 3.37. The molecular weight excluding hydrogens is 380 g/mol.